The van der Waals surface area contributed by atoms with Gasteiger partial charge in [-0.25, -0.2) is 0 Å². The molecule has 0 spiro atoms. The first kappa shape index (κ1) is 12.5. The molecule has 2 N–H and O–H groups in total. The van der Waals surface area contributed by atoms with E-state index >= 15 is 0 Å². The molecule has 15 heavy (non-hydrogen) atoms. The van der Waals surface area contributed by atoms with Crippen LogP contribution in [0, 0.1) is 6.92 Å². The van der Waals surface area contributed by atoms with Crippen LogP contribution in [-0.2, 0) is 10.3 Å². The van der Waals surface area contributed by atoms with Gasteiger partial charge in [0.1, 0.15) is 0 Å². The standard InChI is InChI=1S/C12H18ClNO/c1-4-15-8-12(3,14)10-6-5-9(2)11(13)7-10/h5-7H,4,8,14H2,1-3H3. The van der Waals surface area contributed by atoms with Gasteiger partial charge >= 0.3 is 0 Å². The summed E-state index contributed by atoms with van der Waals surface area (Å²) in [6.07, 6.45) is 0. The zero-order valence-electron chi connectivity index (χ0n) is 9.51. The Kier molecular flexibility index (Phi) is 4.14. The van der Waals surface area contributed by atoms with Crippen molar-refractivity contribution < 1.29 is 4.74 Å². The van der Waals surface area contributed by atoms with Crippen LogP contribution in [0.15, 0.2) is 18.2 Å². The summed E-state index contributed by atoms with van der Waals surface area (Å²) in [4.78, 5) is 0. The van der Waals surface area contributed by atoms with E-state index in [0.29, 0.717) is 13.2 Å². The molecule has 0 aliphatic carbocycles. The molecule has 2 nitrogen and oxygen atoms in total. The minimum absolute atomic E-state index is 0.479. The van der Waals surface area contributed by atoms with E-state index in [1.54, 1.807) is 0 Å². The minimum Gasteiger partial charge on any atom is -0.379 e. The number of benzene rings is 1. The van der Waals surface area contributed by atoms with E-state index in [1.165, 1.54) is 0 Å². The lowest BCUT2D eigenvalue weighted by Crippen LogP contribution is -2.38. The monoisotopic (exact) mass is 227 g/mol. The van der Waals surface area contributed by atoms with Gasteiger partial charge in [-0.2, -0.15) is 0 Å². The fraction of sp³-hybridized carbons (Fsp3) is 0.500. The molecule has 0 saturated carbocycles. The van der Waals surface area contributed by atoms with Crippen molar-refractivity contribution in [2.45, 2.75) is 26.3 Å². The molecule has 0 fully saturated rings. The van der Waals surface area contributed by atoms with E-state index in [9.17, 15) is 0 Å². The largest absolute Gasteiger partial charge is 0.379 e. The lowest BCUT2D eigenvalue weighted by atomic mass is 9.93. The summed E-state index contributed by atoms with van der Waals surface area (Å²) < 4.78 is 5.35. The topological polar surface area (TPSA) is 35.2 Å². The quantitative estimate of drug-likeness (QED) is 0.859. The van der Waals surface area contributed by atoms with Crippen LogP contribution in [0.1, 0.15) is 25.0 Å². The Labute approximate surface area is 96.4 Å². The van der Waals surface area contributed by atoms with Gasteiger partial charge in [-0.1, -0.05) is 23.7 Å². The average molecular weight is 228 g/mol. The highest BCUT2D eigenvalue weighted by atomic mass is 35.5. The second-order valence-corrected chi connectivity index (χ2v) is 4.43. The Balaban J connectivity index is 2.89. The van der Waals surface area contributed by atoms with Gasteiger partial charge in [0.05, 0.1) is 12.1 Å². The SMILES string of the molecule is CCOCC(C)(N)c1ccc(C)c(Cl)c1. The van der Waals surface area contributed by atoms with E-state index in [-0.39, 0.29) is 0 Å². The summed E-state index contributed by atoms with van der Waals surface area (Å²) in [5.41, 5.74) is 7.75. The van der Waals surface area contributed by atoms with Crippen molar-refractivity contribution in [1.29, 1.82) is 0 Å². The van der Waals surface area contributed by atoms with Crippen LogP contribution in [0.4, 0.5) is 0 Å². The van der Waals surface area contributed by atoms with Gasteiger partial charge in [0.15, 0.2) is 0 Å². The number of hydrogen-bond acceptors (Lipinski definition) is 2. The molecule has 3 heteroatoms. The van der Waals surface area contributed by atoms with Gasteiger partial charge in [0.2, 0.25) is 0 Å². The lowest BCUT2D eigenvalue weighted by molar-refractivity contribution is 0.101. The molecular weight excluding hydrogens is 210 g/mol. The zero-order valence-corrected chi connectivity index (χ0v) is 10.3. The fourth-order valence-corrected chi connectivity index (χ4v) is 1.53. The maximum Gasteiger partial charge on any atom is 0.0685 e. The number of ether oxygens (including phenoxy) is 1. The van der Waals surface area contributed by atoms with Gasteiger partial charge in [-0.15, -0.1) is 0 Å². The fourth-order valence-electron chi connectivity index (χ4n) is 1.35. The predicted octanol–water partition coefficient (Wildman–Crippen LogP) is 2.86. The van der Waals surface area contributed by atoms with Crippen LogP contribution in [0.5, 0.6) is 0 Å². The van der Waals surface area contributed by atoms with Crippen LogP contribution >= 0.6 is 11.6 Å². The van der Waals surface area contributed by atoms with Crippen LogP contribution in [0.3, 0.4) is 0 Å². The number of rotatable bonds is 4. The first-order valence-electron chi connectivity index (χ1n) is 5.10. The Hall–Kier alpha value is -0.570. The highest BCUT2D eigenvalue weighted by Crippen LogP contribution is 2.24. The first-order valence-corrected chi connectivity index (χ1v) is 5.48. The second-order valence-electron chi connectivity index (χ2n) is 4.02. The van der Waals surface area contributed by atoms with Crippen molar-refractivity contribution >= 4 is 11.6 Å². The molecule has 1 rings (SSSR count). The van der Waals surface area contributed by atoms with Gasteiger partial charge in [0, 0.05) is 11.6 Å². The lowest BCUT2D eigenvalue weighted by Gasteiger charge is -2.25. The molecule has 0 saturated heterocycles. The molecular formula is C12H18ClNO. The predicted molar refractivity (Wildman–Crippen MR) is 64.2 cm³/mol. The summed E-state index contributed by atoms with van der Waals surface area (Å²) in [5, 5.41) is 0.751. The zero-order chi connectivity index (χ0) is 11.5. The molecule has 0 aliphatic rings. The van der Waals surface area contributed by atoms with Gasteiger partial charge < -0.3 is 10.5 Å². The van der Waals surface area contributed by atoms with Gasteiger partial charge in [-0.05, 0) is 38.0 Å². The third-order valence-electron chi connectivity index (χ3n) is 2.44. The number of nitrogens with two attached hydrogens (primary N) is 1. The van der Waals surface area contributed by atoms with E-state index < -0.39 is 5.54 Å². The van der Waals surface area contributed by atoms with Crippen LogP contribution < -0.4 is 5.73 Å². The second kappa shape index (κ2) is 4.97. The van der Waals surface area contributed by atoms with Crippen molar-refractivity contribution in [3.63, 3.8) is 0 Å². The average Bonchev–Trinajstić information content (AvgIpc) is 2.19. The van der Waals surface area contributed by atoms with Crippen molar-refractivity contribution in [2.24, 2.45) is 5.73 Å². The maximum absolute atomic E-state index is 6.16. The van der Waals surface area contributed by atoms with E-state index in [0.717, 1.165) is 16.1 Å². The number of halogens is 1. The molecule has 1 aromatic carbocycles. The third kappa shape index (κ3) is 3.20. The molecule has 0 heterocycles. The summed E-state index contributed by atoms with van der Waals surface area (Å²) >= 11 is 6.06. The van der Waals surface area contributed by atoms with E-state index in [1.807, 2.05) is 39.0 Å². The third-order valence-corrected chi connectivity index (χ3v) is 2.84. The van der Waals surface area contributed by atoms with Crippen molar-refractivity contribution in [1.82, 2.24) is 0 Å². The summed E-state index contributed by atoms with van der Waals surface area (Å²) in [6, 6.07) is 5.89. The van der Waals surface area contributed by atoms with Crippen LogP contribution in [0.25, 0.3) is 0 Å². The Morgan fingerprint density at radius 3 is 2.67 bits per heavy atom. The van der Waals surface area contributed by atoms with Crippen LogP contribution in [-0.4, -0.2) is 13.2 Å². The van der Waals surface area contributed by atoms with Crippen LogP contribution in [0.2, 0.25) is 5.02 Å². The van der Waals surface area contributed by atoms with Gasteiger partial charge in [-0.3, -0.25) is 0 Å². The Morgan fingerprint density at radius 2 is 2.13 bits per heavy atom. The smallest absolute Gasteiger partial charge is 0.0685 e. The molecule has 0 aromatic heterocycles. The molecule has 0 bridgehead atoms. The molecule has 84 valence electrons. The molecule has 0 radical (unpaired) electrons. The van der Waals surface area contributed by atoms with Gasteiger partial charge in [0.25, 0.3) is 0 Å². The molecule has 0 aliphatic heterocycles. The maximum atomic E-state index is 6.16. The Morgan fingerprint density at radius 1 is 1.47 bits per heavy atom. The molecule has 1 atom stereocenters. The van der Waals surface area contributed by atoms with Crippen molar-refractivity contribution in [3.8, 4) is 0 Å². The first-order chi connectivity index (χ1) is 6.97. The van der Waals surface area contributed by atoms with Crippen molar-refractivity contribution in [3.05, 3.63) is 34.3 Å². The highest BCUT2D eigenvalue weighted by Gasteiger charge is 2.21. The van der Waals surface area contributed by atoms with E-state index in [4.69, 9.17) is 22.1 Å². The molecule has 1 unspecified atom stereocenters. The van der Waals surface area contributed by atoms with E-state index in [2.05, 4.69) is 0 Å². The number of hydrogen-bond donors (Lipinski definition) is 1. The normalized spacial score (nSPS) is 15.0. The van der Waals surface area contributed by atoms with Crippen molar-refractivity contribution in [2.75, 3.05) is 13.2 Å². The molecule has 0 amide bonds. The Bertz CT molecular complexity index is 336. The molecule has 1 aromatic rings. The minimum atomic E-state index is -0.479. The summed E-state index contributed by atoms with van der Waals surface area (Å²) in [6.45, 7) is 7.06. The number of aryl methyl sites for hydroxylation is 1. The summed E-state index contributed by atoms with van der Waals surface area (Å²) in [7, 11) is 0. The highest BCUT2D eigenvalue weighted by molar-refractivity contribution is 6.31. The summed E-state index contributed by atoms with van der Waals surface area (Å²) in [5.74, 6) is 0.